The van der Waals surface area contributed by atoms with Crippen LogP contribution in [-0.4, -0.2) is 43.6 Å². The average molecular weight is 1760 g/mol. The summed E-state index contributed by atoms with van der Waals surface area (Å²) < 4.78 is 14.9. The summed E-state index contributed by atoms with van der Waals surface area (Å²) >= 11 is 5.61. The van der Waals surface area contributed by atoms with Crippen LogP contribution in [0.4, 0.5) is 0 Å². The number of hydrogen-bond donors (Lipinski definition) is 0. The third-order valence-electron chi connectivity index (χ3n) is 27.1. The van der Waals surface area contributed by atoms with E-state index in [1.165, 1.54) is 153 Å². The Morgan fingerprint density at radius 1 is 0.187 bits per heavy atom. The monoisotopic (exact) mass is 1760 g/mol. The minimum absolute atomic E-state index is 0.835. The van der Waals surface area contributed by atoms with Crippen molar-refractivity contribution in [2.24, 2.45) is 0 Å². The van der Waals surface area contributed by atoms with Crippen molar-refractivity contribution < 1.29 is 0 Å². The van der Waals surface area contributed by atoms with Crippen molar-refractivity contribution in [1.29, 1.82) is 0 Å². The predicted molar refractivity (Wildman–Crippen MR) is 570 cm³/mol. The second-order valence-electron chi connectivity index (χ2n) is 34.5. The van der Waals surface area contributed by atoms with Gasteiger partial charge in [0.1, 0.15) is 17.2 Å². The van der Waals surface area contributed by atoms with Crippen LogP contribution in [-0.2, 0) is 0 Å². The molecule has 0 radical (unpaired) electrons. The number of rotatable bonds is 7. The van der Waals surface area contributed by atoms with Crippen LogP contribution in [0.15, 0.2) is 431 Å². The first kappa shape index (κ1) is 75.9. The van der Waals surface area contributed by atoms with Gasteiger partial charge in [0.2, 0.25) is 0 Å². The van der Waals surface area contributed by atoms with Crippen molar-refractivity contribution >= 4 is 247 Å². The molecule has 0 aliphatic carbocycles. The van der Waals surface area contributed by atoms with E-state index >= 15 is 0 Å². The highest BCUT2D eigenvalue weighted by molar-refractivity contribution is 7.28. The van der Waals surface area contributed by atoms with Crippen LogP contribution in [0.25, 0.3) is 275 Å². The van der Waals surface area contributed by atoms with Crippen LogP contribution in [0.3, 0.4) is 0 Å². The number of hydrogen-bond acceptors (Lipinski definition) is 9. The third kappa shape index (κ3) is 11.7. The van der Waals surface area contributed by atoms with Gasteiger partial charge in [-0.3, -0.25) is 13.7 Å². The normalized spacial score (nSPS) is 12.0. The van der Waals surface area contributed by atoms with Gasteiger partial charge < -0.3 is 0 Å². The molecular formula is C122H71N9S3. The molecule has 0 atom stereocenters. The summed E-state index contributed by atoms with van der Waals surface area (Å²) in [6, 6.07) is 153. The first-order valence-electron chi connectivity index (χ1n) is 45.2. The molecule has 622 valence electrons. The molecule has 0 saturated carbocycles. The summed E-state index contributed by atoms with van der Waals surface area (Å²) in [5, 5.41) is 27.5. The molecule has 0 aliphatic heterocycles. The second kappa shape index (κ2) is 30.3. The van der Waals surface area contributed by atoms with E-state index in [1.54, 1.807) is 0 Å². The van der Waals surface area contributed by atoms with E-state index in [2.05, 4.69) is 426 Å². The van der Waals surface area contributed by atoms with Gasteiger partial charge in [-0.15, -0.1) is 34.0 Å². The van der Waals surface area contributed by atoms with Crippen molar-refractivity contribution in [3.05, 3.63) is 431 Å². The van der Waals surface area contributed by atoms with Gasteiger partial charge in [-0.05, 0) is 138 Å². The lowest BCUT2D eigenvalue weighted by Crippen LogP contribution is -2.04. The minimum Gasteiger partial charge on any atom is -0.292 e. The van der Waals surface area contributed by atoms with E-state index in [-0.39, 0.29) is 0 Å². The molecule has 0 bridgehead atoms. The number of nitrogens with zero attached hydrogens (tertiary/aromatic N) is 9. The summed E-state index contributed by atoms with van der Waals surface area (Å²) in [4.78, 5) is 32.1. The van der Waals surface area contributed by atoms with Gasteiger partial charge in [0.15, 0.2) is 11.6 Å². The Morgan fingerprint density at radius 3 is 1.01 bits per heavy atom. The third-order valence-corrected chi connectivity index (χ3v) is 30.6. The second-order valence-corrected chi connectivity index (χ2v) is 37.6. The molecule has 0 saturated heterocycles. The molecule has 30 aromatic rings. The van der Waals surface area contributed by atoms with Gasteiger partial charge in [0.25, 0.3) is 0 Å². The molecule has 0 amide bonds. The van der Waals surface area contributed by atoms with E-state index in [1.807, 2.05) is 52.2 Å². The summed E-state index contributed by atoms with van der Waals surface area (Å²) in [5.74, 6) is 2.59. The zero-order valence-corrected chi connectivity index (χ0v) is 74.2. The molecule has 0 aliphatic rings. The SMILES string of the molecule is c1ccc(-c2ccc(-c3nc4ccc5ccccc5c4nc3-n3c4ccccc4c4c5ccccc5c5c6ccccc6sc5c43)cc2)cc1.c1ccc(-c2ccc3nc(-n4c5ccccc5c5c6ccccc6c6c7ccccc7sc6c54)ccc3n2)cc1.c1ccc(-c2nc3cc4ccccc4cc3nc2-n2c3ccccc3c3c4ccccc4c4c5ccccc5sc4c32)cc1. The summed E-state index contributed by atoms with van der Waals surface area (Å²) in [5.41, 5.74) is 20.6. The van der Waals surface area contributed by atoms with Crippen LogP contribution in [0.5, 0.6) is 0 Å². The lowest BCUT2D eigenvalue weighted by Gasteiger charge is -2.15. The Labute approximate surface area is 777 Å². The van der Waals surface area contributed by atoms with Crippen LogP contribution in [0.2, 0.25) is 0 Å². The number of benzene rings is 20. The summed E-state index contributed by atoms with van der Waals surface area (Å²) in [6.07, 6.45) is 0. The van der Waals surface area contributed by atoms with Crippen molar-refractivity contribution in [3.63, 3.8) is 0 Å². The highest BCUT2D eigenvalue weighted by Gasteiger charge is 2.30. The van der Waals surface area contributed by atoms with Gasteiger partial charge in [-0.2, -0.15) is 0 Å². The largest absolute Gasteiger partial charge is 0.292 e. The van der Waals surface area contributed by atoms with Crippen molar-refractivity contribution in [1.82, 2.24) is 43.6 Å². The molecular weight excluding hydrogens is 1690 g/mol. The maximum Gasteiger partial charge on any atom is 0.165 e. The van der Waals surface area contributed by atoms with Crippen molar-refractivity contribution in [3.8, 4) is 62.4 Å². The Bertz CT molecular complexity index is 10200. The Morgan fingerprint density at radius 2 is 0.515 bits per heavy atom. The first-order valence-corrected chi connectivity index (χ1v) is 47.7. The summed E-state index contributed by atoms with van der Waals surface area (Å²) in [6.45, 7) is 0. The molecule has 9 nitrogen and oxygen atoms in total. The fraction of sp³-hybridized carbons (Fsp3) is 0. The van der Waals surface area contributed by atoms with Crippen LogP contribution < -0.4 is 0 Å². The zero-order chi connectivity index (χ0) is 87.7. The lowest BCUT2D eigenvalue weighted by molar-refractivity contribution is 1.08. The predicted octanol–water partition coefficient (Wildman–Crippen LogP) is 33.7. The Balaban J connectivity index is 0.000000101. The van der Waals surface area contributed by atoms with Gasteiger partial charge >= 0.3 is 0 Å². The number of para-hydroxylation sites is 3. The number of fused-ring (bicyclic) bond motifs is 36. The van der Waals surface area contributed by atoms with E-state index in [9.17, 15) is 0 Å². The zero-order valence-electron chi connectivity index (χ0n) is 71.7. The minimum atomic E-state index is 0.835. The fourth-order valence-electron chi connectivity index (χ4n) is 21.2. The van der Waals surface area contributed by atoms with Gasteiger partial charge in [0, 0.05) is 101 Å². The van der Waals surface area contributed by atoms with E-state index < -0.39 is 0 Å². The molecule has 10 aromatic heterocycles. The standard InChI is InChI=1S/C46H27N3S.C40H23N3S.C36H21N3S/c1-2-12-28(13-3-1)29-22-24-31(25-23-29)42-46(48-43-32-15-5-4-14-30(32)26-27-37(43)47-42)49-38-20-10-8-18-35(38)40-33-16-6-7-17-34(33)41-36-19-9-11-21-39(36)50-45(41)44(40)49;1-2-12-24(13-3-1)37-40(42-32-23-26-15-5-4-14-25(26)22-31(32)41-37)43-33-20-10-8-18-29(33)35-27-16-6-7-17-28(27)36-30-19-9-11-21-34(30)44-39(36)38(35)43;1-2-10-22(11-3-1)27-18-19-29-28(37-27)20-21-32(38-29)39-30-16-8-6-14-25(30)33-23-12-4-5-13-24(23)34-26-15-7-9-17-31(26)40-36(34)35(33)39/h1-27H;1-23H;1-21H. The van der Waals surface area contributed by atoms with Crippen LogP contribution in [0.1, 0.15) is 0 Å². The maximum atomic E-state index is 5.65. The highest BCUT2D eigenvalue weighted by Crippen LogP contribution is 2.53. The molecule has 134 heavy (non-hydrogen) atoms. The quantitative estimate of drug-likeness (QED) is 0.117. The average Bonchev–Trinajstić information content (AvgIpc) is 1.54. The van der Waals surface area contributed by atoms with Crippen molar-refractivity contribution in [2.75, 3.05) is 0 Å². The molecule has 20 aromatic carbocycles. The van der Waals surface area contributed by atoms with Gasteiger partial charge in [-0.1, -0.05) is 352 Å². The molecule has 0 fully saturated rings. The number of pyridine rings is 2. The van der Waals surface area contributed by atoms with E-state index in [0.29, 0.717) is 0 Å². The molecule has 10 heterocycles. The van der Waals surface area contributed by atoms with E-state index in [4.69, 9.17) is 29.9 Å². The van der Waals surface area contributed by atoms with Gasteiger partial charge in [0.05, 0.1) is 86.0 Å². The molecule has 0 N–H and O–H groups in total. The van der Waals surface area contributed by atoms with Crippen LogP contribution >= 0.6 is 34.0 Å². The van der Waals surface area contributed by atoms with Crippen molar-refractivity contribution in [2.45, 2.75) is 0 Å². The molecule has 30 rings (SSSR count). The summed E-state index contributed by atoms with van der Waals surface area (Å²) in [7, 11) is 0. The first-order chi connectivity index (χ1) is 66.5. The molecule has 0 unspecified atom stereocenters. The smallest absolute Gasteiger partial charge is 0.165 e. The lowest BCUT2D eigenvalue weighted by atomic mass is 9.99. The number of aromatic nitrogens is 9. The maximum absolute atomic E-state index is 5.65. The number of thiophene rings is 3. The Hall–Kier alpha value is -17.0. The molecule has 0 spiro atoms. The highest BCUT2D eigenvalue weighted by atomic mass is 32.1. The topological polar surface area (TPSA) is 92.1 Å². The fourth-order valence-corrected chi connectivity index (χ4v) is 25.0. The molecule has 12 heteroatoms. The van der Waals surface area contributed by atoms with Gasteiger partial charge in [-0.25, -0.2) is 29.9 Å². The van der Waals surface area contributed by atoms with E-state index in [0.717, 1.165) is 122 Å². The Kier molecular flexibility index (Phi) is 17.2. The van der Waals surface area contributed by atoms with Crippen LogP contribution in [0, 0.1) is 0 Å².